The van der Waals surface area contributed by atoms with Crippen molar-refractivity contribution < 1.29 is 4.79 Å². The third-order valence-electron chi connectivity index (χ3n) is 6.28. The fraction of sp³-hybridized carbons (Fsp3) is 0.455. The van der Waals surface area contributed by atoms with Crippen molar-refractivity contribution in [3.05, 3.63) is 64.1 Å². The highest BCUT2D eigenvalue weighted by atomic mass is 35.5. The van der Waals surface area contributed by atoms with E-state index in [0.717, 1.165) is 44.8 Å². The van der Waals surface area contributed by atoms with Gasteiger partial charge in [-0.3, -0.25) is 14.5 Å². The van der Waals surface area contributed by atoms with Crippen LogP contribution in [-0.2, 0) is 17.9 Å². The predicted octanol–water partition coefficient (Wildman–Crippen LogP) is 3.02. The number of nitrogens with zero attached hydrogens (tertiary/aromatic N) is 3. The molecule has 0 unspecified atom stereocenters. The van der Waals surface area contributed by atoms with Crippen molar-refractivity contribution in [3.63, 3.8) is 0 Å². The van der Waals surface area contributed by atoms with Gasteiger partial charge < -0.3 is 9.47 Å². The van der Waals surface area contributed by atoms with Gasteiger partial charge >= 0.3 is 0 Å². The maximum absolute atomic E-state index is 12.2. The second-order valence-electron chi connectivity index (χ2n) is 8.21. The molecule has 2 saturated heterocycles. The second kappa shape index (κ2) is 7.72. The molecule has 2 bridgehead atoms. The van der Waals surface area contributed by atoms with Crippen LogP contribution in [0.4, 0.5) is 5.69 Å². The number of rotatable bonds is 3. The Bertz CT molecular complexity index is 924. The third-order valence-corrected chi connectivity index (χ3v) is 6.28. The number of amides is 1. The molecule has 0 saturated carbocycles. The molecular formula is C22H26ClN3O2. The van der Waals surface area contributed by atoms with E-state index >= 15 is 0 Å². The van der Waals surface area contributed by atoms with Crippen LogP contribution in [-0.4, -0.2) is 35.0 Å². The molecule has 28 heavy (non-hydrogen) atoms. The van der Waals surface area contributed by atoms with E-state index in [2.05, 4.69) is 35.2 Å². The maximum atomic E-state index is 12.2. The molecule has 1 aromatic heterocycles. The number of carbonyl (C=O) groups excluding carboxylic acids is 1. The van der Waals surface area contributed by atoms with Crippen LogP contribution >= 0.6 is 12.4 Å². The summed E-state index contributed by atoms with van der Waals surface area (Å²) in [5.74, 6) is 1.24. The zero-order valence-electron chi connectivity index (χ0n) is 15.9. The molecule has 0 spiro atoms. The van der Waals surface area contributed by atoms with E-state index in [1.54, 1.807) is 6.07 Å². The molecule has 0 aliphatic carbocycles. The van der Waals surface area contributed by atoms with Gasteiger partial charge in [-0.25, -0.2) is 0 Å². The van der Waals surface area contributed by atoms with Crippen molar-refractivity contribution in [1.82, 2.24) is 9.47 Å². The first kappa shape index (κ1) is 19.2. The van der Waals surface area contributed by atoms with Gasteiger partial charge in [0.05, 0.1) is 0 Å². The SMILES string of the molecule is Cl.O=C1CCCN1c1ccc(CN2C[C@@H]3C[C@@H](C2)c2cccc(=O)n2C3)cc1. The topological polar surface area (TPSA) is 45.6 Å². The molecule has 2 fully saturated rings. The average Bonchev–Trinajstić information content (AvgIpc) is 3.09. The van der Waals surface area contributed by atoms with Gasteiger partial charge in [0.25, 0.3) is 5.56 Å². The number of halogens is 1. The highest BCUT2D eigenvalue weighted by Gasteiger charge is 2.34. The van der Waals surface area contributed by atoms with Gasteiger partial charge in [-0.05, 0) is 42.5 Å². The molecule has 6 heteroatoms. The summed E-state index contributed by atoms with van der Waals surface area (Å²) in [6.45, 7) is 4.67. The molecule has 3 aliphatic heterocycles. The van der Waals surface area contributed by atoms with Crippen molar-refractivity contribution in [1.29, 1.82) is 0 Å². The monoisotopic (exact) mass is 399 g/mol. The minimum absolute atomic E-state index is 0. The number of piperidine rings is 1. The fourth-order valence-corrected chi connectivity index (χ4v) is 5.09. The highest BCUT2D eigenvalue weighted by Crippen LogP contribution is 2.35. The van der Waals surface area contributed by atoms with Gasteiger partial charge in [-0.1, -0.05) is 18.2 Å². The zero-order valence-corrected chi connectivity index (χ0v) is 16.7. The van der Waals surface area contributed by atoms with Gasteiger partial charge in [0.2, 0.25) is 5.91 Å². The molecule has 0 radical (unpaired) electrons. The molecule has 1 aromatic carbocycles. The van der Waals surface area contributed by atoms with Gasteiger partial charge in [0.15, 0.2) is 0 Å². The van der Waals surface area contributed by atoms with Gasteiger partial charge in [0.1, 0.15) is 0 Å². The number of pyridine rings is 1. The first-order chi connectivity index (χ1) is 13.2. The number of carbonyl (C=O) groups is 1. The van der Waals surface area contributed by atoms with E-state index in [9.17, 15) is 9.59 Å². The first-order valence-corrected chi connectivity index (χ1v) is 9.99. The number of hydrogen-bond acceptors (Lipinski definition) is 3. The van der Waals surface area contributed by atoms with Crippen molar-refractivity contribution in [3.8, 4) is 0 Å². The van der Waals surface area contributed by atoms with E-state index in [4.69, 9.17) is 0 Å². The normalized spacial score (nSPS) is 24.0. The van der Waals surface area contributed by atoms with Gasteiger partial charge in [0, 0.05) is 62.5 Å². The number of benzene rings is 1. The molecule has 2 aromatic rings. The van der Waals surface area contributed by atoms with Crippen LogP contribution in [0.2, 0.25) is 0 Å². The minimum atomic E-state index is 0. The third kappa shape index (κ3) is 3.49. The number of hydrogen-bond donors (Lipinski definition) is 0. The van der Waals surface area contributed by atoms with E-state index in [0.29, 0.717) is 18.3 Å². The van der Waals surface area contributed by atoms with Crippen LogP contribution < -0.4 is 10.5 Å². The molecule has 148 valence electrons. The largest absolute Gasteiger partial charge is 0.312 e. The summed E-state index contributed by atoms with van der Waals surface area (Å²) in [7, 11) is 0. The Morgan fingerprint density at radius 3 is 2.54 bits per heavy atom. The molecule has 5 nitrogen and oxygen atoms in total. The Morgan fingerprint density at radius 1 is 0.964 bits per heavy atom. The Labute approximate surface area is 171 Å². The Kier molecular flexibility index (Phi) is 5.30. The molecule has 0 N–H and O–H groups in total. The maximum Gasteiger partial charge on any atom is 0.250 e. The lowest BCUT2D eigenvalue weighted by atomic mass is 9.83. The Hall–Kier alpha value is -2.11. The average molecular weight is 400 g/mol. The van der Waals surface area contributed by atoms with Gasteiger partial charge in [-0.15, -0.1) is 12.4 Å². The zero-order chi connectivity index (χ0) is 18.4. The number of aromatic nitrogens is 1. The van der Waals surface area contributed by atoms with Crippen molar-refractivity contribution >= 4 is 24.0 Å². The van der Waals surface area contributed by atoms with Crippen molar-refractivity contribution in [2.45, 2.75) is 38.3 Å². The van der Waals surface area contributed by atoms with Crippen molar-refractivity contribution in [2.24, 2.45) is 5.92 Å². The standard InChI is InChI=1S/C22H25N3O2.ClH/c26-21-5-2-10-24(21)19-8-6-16(7-9-19)12-23-13-17-11-18(15-23)20-3-1-4-22(27)25(20)14-17;/h1,3-4,6-9,17-18H,2,5,10-15H2;1H/t17-,18-;/m0./s1. The molecular weight excluding hydrogens is 374 g/mol. The van der Waals surface area contributed by atoms with E-state index in [-0.39, 0.29) is 23.9 Å². The summed E-state index contributed by atoms with van der Waals surface area (Å²) in [5.41, 5.74) is 3.65. The minimum Gasteiger partial charge on any atom is -0.312 e. The van der Waals surface area contributed by atoms with Crippen LogP contribution in [0.25, 0.3) is 0 Å². The fourth-order valence-electron chi connectivity index (χ4n) is 5.09. The van der Waals surface area contributed by atoms with Crippen LogP contribution in [0.3, 0.4) is 0 Å². The molecule has 1 amide bonds. The summed E-state index contributed by atoms with van der Waals surface area (Å²) in [4.78, 5) is 28.5. The molecule has 5 rings (SSSR count). The number of anilines is 1. The lowest BCUT2D eigenvalue weighted by molar-refractivity contribution is -0.117. The lowest BCUT2D eigenvalue weighted by Gasteiger charge is -2.42. The summed E-state index contributed by atoms with van der Waals surface area (Å²) in [6.07, 6.45) is 2.82. The summed E-state index contributed by atoms with van der Waals surface area (Å²) >= 11 is 0. The van der Waals surface area contributed by atoms with Gasteiger partial charge in [-0.2, -0.15) is 0 Å². The Morgan fingerprint density at radius 2 is 1.79 bits per heavy atom. The summed E-state index contributed by atoms with van der Waals surface area (Å²) < 4.78 is 1.98. The van der Waals surface area contributed by atoms with E-state index in [1.807, 2.05) is 15.5 Å². The Balaban J connectivity index is 0.00000192. The molecule has 2 atom stereocenters. The predicted molar refractivity (Wildman–Crippen MR) is 112 cm³/mol. The van der Waals surface area contributed by atoms with E-state index in [1.165, 1.54) is 17.7 Å². The van der Waals surface area contributed by atoms with Crippen LogP contribution in [0.15, 0.2) is 47.3 Å². The number of fused-ring (bicyclic) bond motifs is 4. The highest BCUT2D eigenvalue weighted by molar-refractivity contribution is 5.95. The van der Waals surface area contributed by atoms with E-state index < -0.39 is 0 Å². The second-order valence-corrected chi connectivity index (χ2v) is 8.21. The first-order valence-electron chi connectivity index (χ1n) is 9.99. The quantitative estimate of drug-likeness (QED) is 0.797. The van der Waals surface area contributed by atoms with Crippen LogP contribution in [0, 0.1) is 5.92 Å². The molecule has 4 heterocycles. The summed E-state index contributed by atoms with van der Waals surface area (Å²) in [5, 5.41) is 0. The number of likely N-dealkylation sites (tertiary alicyclic amines) is 1. The molecule has 3 aliphatic rings. The van der Waals surface area contributed by atoms with Crippen LogP contribution in [0.5, 0.6) is 0 Å². The van der Waals surface area contributed by atoms with Crippen LogP contribution in [0.1, 0.15) is 36.4 Å². The van der Waals surface area contributed by atoms with Crippen molar-refractivity contribution in [2.75, 3.05) is 24.5 Å². The summed E-state index contributed by atoms with van der Waals surface area (Å²) in [6, 6.07) is 14.2. The lowest BCUT2D eigenvalue weighted by Crippen LogP contribution is -2.46. The smallest absolute Gasteiger partial charge is 0.250 e.